The minimum absolute atomic E-state index is 0.0117. The van der Waals surface area contributed by atoms with Gasteiger partial charge in [0.25, 0.3) is 5.91 Å². The van der Waals surface area contributed by atoms with Gasteiger partial charge in [0.05, 0.1) is 23.5 Å². The van der Waals surface area contributed by atoms with Crippen LogP contribution >= 0.6 is 11.3 Å². The van der Waals surface area contributed by atoms with Gasteiger partial charge in [0.2, 0.25) is 5.95 Å². The molecule has 0 bridgehead atoms. The summed E-state index contributed by atoms with van der Waals surface area (Å²) in [6.45, 7) is 5.17. The van der Waals surface area contributed by atoms with Crippen LogP contribution in [0.15, 0.2) is 41.1 Å². The van der Waals surface area contributed by atoms with E-state index in [4.69, 9.17) is 0 Å². The standard InChI is InChI=1S/C20H20FN7O2S/c1-11(8-23-22-2)20-26-16(10-31-20)19(30)25-15-9-28(12-6-13(29)7-12)27-18(15)14-4-3-5-17(21)24-14/h3-5,8-10,12-13,23,29H,2,6-7H2,1H3,(H,25,30)/b11-8+. The third kappa shape index (κ3) is 4.52. The third-order valence-electron chi connectivity index (χ3n) is 4.85. The molecular formula is C20H20FN7O2S. The fourth-order valence-electron chi connectivity index (χ4n) is 3.12. The van der Waals surface area contributed by atoms with Crippen molar-refractivity contribution in [2.75, 3.05) is 5.32 Å². The van der Waals surface area contributed by atoms with E-state index in [-0.39, 0.29) is 17.8 Å². The maximum Gasteiger partial charge on any atom is 0.275 e. The fourth-order valence-corrected chi connectivity index (χ4v) is 3.90. The minimum Gasteiger partial charge on any atom is -0.393 e. The first-order valence-corrected chi connectivity index (χ1v) is 10.4. The molecule has 3 N–H and O–H groups in total. The number of hydrogen-bond donors (Lipinski definition) is 3. The average molecular weight is 441 g/mol. The predicted octanol–water partition coefficient (Wildman–Crippen LogP) is 3.05. The first-order valence-electron chi connectivity index (χ1n) is 9.50. The lowest BCUT2D eigenvalue weighted by atomic mass is 9.90. The normalized spacial score (nSPS) is 18.4. The number of hydrogen-bond acceptors (Lipinski definition) is 8. The van der Waals surface area contributed by atoms with Crippen molar-refractivity contribution in [3.8, 4) is 11.4 Å². The van der Waals surface area contributed by atoms with Crippen molar-refractivity contribution in [1.29, 1.82) is 0 Å². The molecule has 0 aliphatic heterocycles. The number of halogens is 1. The van der Waals surface area contributed by atoms with Crippen molar-refractivity contribution < 1.29 is 14.3 Å². The summed E-state index contributed by atoms with van der Waals surface area (Å²) >= 11 is 1.32. The molecule has 9 nitrogen and oxygen atoms in total. The quantitative estimate of drug-likeness (QED) is 0.295. The van der Waals surface area contributed by atoms with Crippen molar-refractivity contribution >= 4 is 35.2 Å². The molecule has 3 heterocycles. The maximum atomic E-state index is 13.7. The number of anilines is 1. The zero-order chi connectivity index (χ0) is 22.0. The second-order valence-corrected chi connectivity index (χ2v) is 7.96. The van der Waals surface area contributed by atoms with Crippen LogP contribution in [0.2, 0.25) is 0 Å². The molecule has 160 valence electrons. The van der Waals surface area contributed by atoms with Crippen LogP contribution in [0.1, 0.15) is 41.3 Å². The van der Waals surface area contributed by atoms with E-state index in [1.165, 1.54) is 23.5 Å². The van der Waals surface area contributed by atoms with Crippen molar-refractivity contribution in [3.05, 3.63) is 52.6 Å². The minimum atomic E-state index is -0.641. The summed E-state index contributed by atoms with van der Waals surface area (Å²) in [4.78, 5) is 21.1. The fraction of sp³-hybridized carbons (Fsp3) is 0.250. The Balaban J connectivity index is 1.60. The van der Waals surface area contributed by atoms with Gasteiger partial charge in [-0.25, -0.2) is 9.97 Å². The van der Waals surface area contributed by atoms with E-state index in [1.54, 1.807) is 28.5 Å². The van der Waals surface area contributed by atoms with Gasteiger partial charge in [-0.15, -0.1) is 11.3 Å². The average Bonchev–Trinajstić information content (AvgIpc) is 3.37. The number of carbonyl (C=O) groups is 1. The van der Waals surface area contributed by atoms with Crippen LogP contribution in [0, 0.1) is 5.95 Å². The summed E-state index contributed by atoms with van der Waals surface area (Å²) in [5.41, 5.74) is 4.72. The summed E-state index contributed by atoms with van der Waals surface area (Å²) in [7, 11) is 0. The second-order valence-electron chi connectivity index (χ2n) is 7.10. The van der Waals surface area contributed by atoms with Crippen LogP contribution in [0.4, 0.5) is 10.1 Å². The van der Waals surface area contributed by atoms with E-state index in [0.717, 1.165) is 5.57 Å². The number of rotatable bonds is 7. The molecule has 0 unspecified atom stereocenters. The van der Waals surface area contributed by atoms with Gasteiger partial charge in [-0.05, 0) is 31.9 Å². The largest absolute Gasteiger partial charge is 0.393 e. The van der Waals surface area contributed by atoms with E-state index >= 15 is 0 Å². The number of amides is 1. The Morgan fingerprint density at radius 1 is 1.42 bits per heavy atom. The molecule has 1 amide bonds. The van der Waals surface area contributed by atoms with Crippen molar-refractivity contribution in [3.63, 3.8) is 0 Å². The second kappa shape index (κ2) is 8.74. The van der Waals surface area contributed by atoms with Crippen LogP contribution in [-0.4, -0.2) is 43.6 Å². The molecule has 1 saturated carbocycles. The molecule has 0 saturated heterocycles. The Kier molecular flexibility index (Phi) is 5.87. The number of nitrogens with one attached hydrogen (secondary N) is 2. The molecule has 0 atom stereocenters. The summed E-state index contributed by atoms with van der Waals surface area (Å²) in [5.74, 6) is -1.06. The van der Waals surface area contributed by atoms with Crippen molar-refractivity contribution in [1.82, 2.24) is 25.2 Å². The first-order chi connectivity index (χ1) is 14.9. The number of aromatic nitrogens is 4. The van der Waals surface area contributed by atoms with E-state index in [9.17, 15) is 14.3 Å². The Labute approximate surface area is 181 Å². The number of nitrogens with zero attached hydrogens (tertiary/aromatic N) is 5. The van der Waals surface area contributed by atoms with Gasteiger partial charge in [-0.2, -0.15) is 14.6 Å². The van der Waals surface area contributed by atoms with Gasteiger partial charge in [-0.1, -0.05) is 6.07 Å². The monoisotopic (exact) mass is 441 g/mol. The maximum absolute atomic E-state index is 13.7. The molecule has 0 spiro atoms. The van der Waals surface area contributed by atoms with E-state index in [1.807, 2.05) is 6.92 Å². The number of carbonyl (C=O) groups excluding carboxylic acids is 1. The van der Waals surface area contributed by atoms with Crippen LogP contribution in [-0.2, 0) is 0 Å². The Hall–Kier alpha value is -3.44. The van der Waals surface area contributed by atoms with Crippen LogP contribution in [0.25, 0.3) is 17.0 Å². The van der Waals surface area contributed by atoms with Crippen molar-refractivity contribution in [2.45, 2.75) is 31.9 Å². The Morgan fingerprint density at radius 3 is 2.94 bits per heavy atom. The van der Waals surface area contributed by atoms with Crippen LogP contribution in [0.3, 0.4) is 0 Å². The summed E-state index contributed by atoms with van der Waals surface area (Å²) in [6, 6.07) is 4.41. The highest BCUT2D eigenvalue weighted by Crippen LogP contribution is 2.35. The number of pyridine rings is 1. The third-order valence-corrected chi connectivity index (χ3v) is 5.82. The molecule has 11 heteroatoms. The van der Waals surface area contributed by atoms with E-state index in [0.29, 0.717) is 34.9 Å². The summed E-state index contributed by atoms with van der Waals surface area (Å²) in [5, 5.41) is 22.8. The van der Waals surface area contributed by atoms with Crippen molar-refractivity contribution in [2.24, 2.45) is 5.10 Å². The highest BCUT2D eigenvalue weighted by Gasteiger charge is 2.31. The number of thiazole rings is 1. The summed E-state index contributed by atoms with van der Waals surface area (Å²) in [6.07, 6.45) is 4.09. The first kappa shape index (κ1) is 20.8. The molecular weight excluding hydrogens is 421 g/mol. The SMILES string of the molecule is C=NN/C=C(\C)c1nc(C(=O)Nc2cn(C3CC(O)C3)nc2-c2cccc(F)n2)cs1. The smallest absolute Gasteiger partial charge is 0.275 e. The molecule has 4 rings (SSSR count). The molecule has 3 aromatic rings. The lowest BCUT2D eigenvalue weighted by molar-refractivity contribution is 0.0435. The van der Waals surface area contributed by atoms with E-state index < -0.39 is 11.9 Å². The molecule has 1 aliphatic rings. The molecule has 0 aromatic carbocycles. The lowest BCUT2D eigenvalue weighted by Crippen LogP contribution is -2.31. The van der Waals surface area contributed by atoms with E-state index in [2.05, 4.69) is 37.6 Å². The van der Waals surface area contributed by atoms with Crippen LogP contribution < -0.4 is 10.7 Å². The van der Waals surface area contributed by atoms with Gasteiger partial charge in [0.1, 0.15) is 16.4 Å². The molecule has 1 fully saturated rings. The number of aliphatic hydroxyl groups excluding tert-OH is 1. The van der Waals surface area contributed by atoms with Gasteiger partial charge < -0.3 is 10.4 Å². The summed E-state index contributed by atoms with van der Waals surface area (Å²) < 4.78 is 15.4. The zero-order valence-corrected chi connectivity index (χ0v) is 17.4. The molecule has 1 aliphatic carbocycles. The number of aliphatic hydroxyl groups is 1. The topological polar surface area (TPSA) is 117 Å². The lowest BCUT2D eigenvalue weighted by Gasteiger charge is -2.31. The van der Waals surface area contributed by atoms with Gasteiger partial charge in [-0.3, -0.25) is 14.9 Å². The predicted molar refractivity (Wildman–Crippen MR) is 116 cm³/mol. The number of allylic oxidation sites excluding steroid dienone is 1. The Morgan fingerprint density at radius 2 is 2.23 bits per heavy atom. The molecule has 31 heavy (non-hydrogen) atoms. The van der Waals surface area contributed by atoms with Gasteiger partial charge in [0.15, 0.2) is 0 Å². The zero-order valence-electron chi connectivity index (χ0n) is 16.6. The number of hydrazone groups is 1. The van der Waals surface area contributed by atoms with Crippen LogP contribution in [0.5, 0.6) is 0 Å². The molecule has 0 radical (unpaired) electrons. The highest BCUT2D eigenvalue weighted by molar-refractivity contribution is 7.11. The highest BCUT2D eigenvalue weighted by atomic mass is 32.1. The van der Waals surface area contributed by atoms with Gasteiger partial charge in [0, 0.05) is 30.1 Å². The van der Waals surface area contributed by atoms with Gasteiger partial charge >= 0.3 is 0 Å². The molecule has 3 aromatic heterocycles. The Bertz CT molecular complexity index is 1150.